The molecule has 0 aliphatic heterocycles. The Bertz CT molecular complexity index is 712. The highest BCUT2D eigenvalue weighted by atomic mass is 32.2. The lowest BCUT2D eigenvalue weighted by Gasteiger charge is -2.00. The summed E-state index contributed by atoms with van der Waals surface area (Å²) in [7, 11) is -3.58. The van der Waals surface area contributed by atoms with E-state index in [1.165, 1.54) is 12.1 Å². The summed E-state index contributed by atoms with van der Waals surface area (Å²) < 4.78 is 29.0. The number of hydrogen-bond acceptors (Lipinski definition) is 7. The van der Waals surface area contributed by atoms with E-state index in [9.17, 15) is 13.2 Å². The van der Waals surface area contributed by atoms with Gasteiger partial charge in [-0.25, -0.2) is 8.42 Å². The fourth-order valence-corrected chi connectivity index (χ4v) is 2.74. The molecule has 0 saturated carbocycles. The van der Waals surface area contributed by atoms with Gasteiger partial charge in [-0.2, -0.15) is 4.98 Å². The van der Waals surface area contributed by atoms with Crippen molar-refractivity contribution in [3.63, 3.8) is 0 Å². The molecule has 1 amide bonds. The average Bonchev–Trinajstić information content (AvgIpc) is 2.93. The Morgan fingerprint density at radius 1 is 1.29 bits per heavy atom. The maximum atomic E-state index is 12.1. The van der Waals surface area contributed by atoms with Gasteiger partial charge in [0.25, 0.3) is 0 Å². The monoisotopic (exact) mass is 310 g/mol. The number of aromatic nitrogens is 2. The van der Waals surface area contributed by atoms with E-state index in [0.29, 0.717) is 0 Å². The maximum Gasteiger partial charge on any atom is 0.315 e. The molecule has 0 aliphatic rings. The van der Waals surface area contributed by atoms with E-state index in [1.54, 1.807) is 18.2 Å². The van der Waals surface area contributed by atoms with Crippen molar-refractivity contribution in [2.75, 3.05) is 13.1 Å². The molecule has 0 unspecified atom stereocenters. The van der Waals surface area contributed by atoms with Gasteiger partial charge >= 0.3 is 11.8 Å². The van der Waals surface area contributed by atoms with Crippen molar-refractivity contribution in [3.8, 4) is 0 Å². The molecular weight excluding hydrogens is 296 g/mol. The molecule has 0 saturated heterocycles. The van der Waals surface area contributed by atoms with Crippen molar-refractivity contribution in [2.24, 2.45) is 5.73 Å². The summed E-state index contributed by atoms with van der Waals surface area (Å²) in [4.78, 5) is 15.5. The van der Waals surface area contributed by atoms with E-state index in [2.05, 4.69) is 15.5 Å². The van der Waals surface area contributed by atoms with Crippen LogP contribution in [0.1, 0.15) is 16.5 Å². The number of carbonyl (C=O) groups is 1. The van der Waals surface area contributed by atoms with Crippen LogP contribution in [0.4, 0.5) is 0 Å². The van der Waals surface area contributed by atoms with E-state index in [1.807, 2.05) is 0 Å². The summed E-state index contributed by atoms with van der Waals surface area (Å²) in [5.41, 5.74) is 5.25. The van der Waals surface area contributed by atoms with Gasteiger partial charge in [-0.3, -0.25) is 4.79 Å². The van der Waals surface area contributed by atoms with Gasteiger partial charge in [0.2, 0.25) is 0 Å². The summed E-state index contributed by atoms with van der Waals surface area (Å²) in [5, 5.41) is 5.95. The average molecular weight is 310 g/mol. The number of benzene rings is 1. The van der Waals surface area contributed by atoms with Crippen LogP contribution in [-0.4, -0.2) is 37.6 Å². The molecule has 0 radical (unpaired) electrons. The number of amides is 1. The van der Waals surface area contributed by atoms with E-state index in [4.69, 9.17) is 10.3 Å². The minimum Gasteiger partial charge on any atom is -0.347 e. The largest absolute Gasteiger partial charge is 0.347 e. The van der Waals surface area contributed by atoms with Gasteiger partial charge < -0.3 is 15.6 Å². The number of carbonyl (C=O) groups excluding carboxylic acids is 1. The summed E-state index contributed by atoms with van der Waals surface area (Å²) in [6.07, 6.45) is 0. The van der Waals surface area contributed by atoms with Crippen molar-refractivity contribution in [3.05, 3.63) is 42.0 Å². The van der Waals surface area contributed by atoms with Crippen LogP contribution in [0.15, 0.2) is 39.8 Å². The topological polar surface area (TPSA) is 128 Å². The molecule has 0 fully saturated rings. The predicted molar refractivity (Wildman–Crippen MR) is 73.0 cm³/mol. The molecule has 3 N–H and O–H groups in total. The predicted octanol–water partition coefficient (Wildman–Crippen LogP) is -0.268. The Balaban J connectivity index is 2.11. The van der Waals surface area contributed by atoms with E-state index >= 15 is 0 Å². The molecule has 1 aromatic carbocycles. The van der Waals surface area contributed by atoms with Gasteiger partial charge in [0.1, 0.15) is 5.75 Å². The molecule has 8 nitrogen and oxygen atoms in total. The van der Waals surface area contributed by atoms with Gasteiger partial charge in [0.05, 0.1) is 4.90 Å². The van der Waals surface area contributed by atoms with Crippen LogP contribution >= 0.6 is 0 Å². The number of rotatable bonds is 6. The van der Waals surface area contributed by atoms with Crippen LogP contribution < -0.4 is 11.1 Å². The summed E-state index contributed by atoms with van der Waals surface area (Å²) in [6.45, 7) is 0.536. The lowest BCUT2D eigenvalue weighted by Crippen LogP contribution is -2.29. The second-order valence-electron chi connectivity index (χ2n) is 4.13. The van der Waals surface area contributed by atoms with Crippen LogP contribution in [0.2, 0.25) is 0 Å². The first-order valence-corrected chi connectivity index (χ1v) is 7.77. The second-order valence-corrected chi connectivity index (χ2v) is 6.12. The Kier molecular flexibility index (Phi) is 4.66. The van der Waals surface area contributed by atoms with Gasteiger partial charge in [-0.15, -0.1) is 0 Å². The van der Waals surface area contributed by atoms with Crippen LogP contribution in [0.3, 0.4) is 0 Å². The highest BCUT2D eigenvalue weighted by molar-refractivity contribution is 7.90. The zero-order chi connectivity index (χ0) is 15.3. The Hall–Kier alpha value is -2.26. The Morgan fingerprint density at radius 3 is 2.67 bits per heavy atom. The minimum atomic E-state index is -3.58. The lowest BCUT2D eigenvalue weighted by molar-refractivity contribution is 0.0911. The van der Waals surface area contributed by atoms with Gasteiger partial charge in [-0.05, 0) is 12.1 Å². The van der Waals surface area contributed by atoms with Crippen LogP contribution in [0, 0.1) is 0 Å². The number of hydrogen-bond donors (Lipinski definition) is 2. The van der Waals surface area contributed by atoms with Crippen molar-refractivity contribution in [2.45, 2.75) is 10.6 Å². The quantitative estimate of drug-likeness (QED) is 0.751. The molecule has 1 aromatic heterocycles. The molecule has 0 bridgehead atoms. The summed E-state index contributed by atoms with van der Waals surface area (Å²) >= 11 is 0. The smallest absolute Gasteiger partial charge is 0.315 e. The highest BCUT2D eigenvalue weighted by Gasteiger charge is 2.21. The molecule has 2 aromatic rings. The number of nitrogens with one attached hydrogen (secondary N) is 1. The highest BCUT2D eigenvalue weighted by Crippen LogP contribution is 2.14. The third-order valence-corrected chi connectivity index (χ3v) is 4.14. The van der Waals surface area contributed by atoms with Crippen molar-refractivity contribution in [1.82, 2.24) is 15.5 Å². The second kappa shape index (κ2) is 6.46. The molecule has 112 valence electrons. The first-order valence-electron chi connectivity index (χ1n) is 6.11. The van der Waals surface area contributed by atoms with E-state index < -0.39 is 21.5 Å². The zero-order valence-corrected chi connectivity index (χ0v) is 11.8. The molecule has 1 heterocycles. The molecular formula is C12H14N4O4S. The minimum absolute atomic E-state index is 0.0725. The standard InChI is InChI=1S/C12H14N4O4S/c13-6-7-14-11(17)12-15-10(16-20-12)8-21(18,19)9-4-2-1-3-5-9/h1-5H,6-8,13H2,(H,14,17). The molecule has 0 aliphatic carbocycles. The van der Waals surface area contributed by atoms with Gasteiger partial charge in [0, 0.05) is 13.1 Å². The number of nitrogens with two attached hydrogens (primary N) is 1. The van der Waals surface area contributed by atoms with Crippen molar-refractivity contribution < 1.29 is 17.7 Å². The SMILES string of the molecule is NCCNC(=O)c1nc(CS(=O)(=O)c2ccccc2)no1. The fraction of sp³-hybridized carbons (Fsp3) is 0.250. The maximum absolute atomic E-state index is 12.1. The van der Waals surface area contributed by atoms with Crippen molar-refractivity contribution in [1.29, 1.82) is 0 Å². The Labute approximate surface area is 121 Å². The van der Waals surface area contributed by atoms with Gasteiger partial charge in [0.15, 0.2) is 15.7 Å². The summed E-state index contributed by atoms with van der Waals surface area (Å²) in [5.74, 6) is -1.39. The number of sulfone groups is 1. The van der Waals surface area contributed by atoms with Gasteiger partial charge in [-0.1, -0.05) is 23.4 Å². The molecule has 0 spiro atoms. The molecule has 0 atom stereocenters. The van der Waals surface area contributed by atoms with E-state index in [-0.39, 0.29) is 29.7 Å². The first-order chi connectivity index (χ1) is 10.0. The summed E-state index contributed by atoms with van der Waals surface area (Å²) in [6, 6.07) is 7.91. The third-order valence-electron chi connectivity index (χ3n) is 2.51. The Morgan fingerprint density at radius 2 is 2.00 bits per heavy atom. The van der Waals surface area contributed by atoms with Crippen LogP contribution in [0.5, 0.6) is 0 Å². The van der Waals surface area contributed by atoms with Crippen molar-refractivity contribution >= 4 is 15.7 Å². The zero-order valence-electron chi connectivity index (χ0n) is 11.0. The first kappa shape index (κ1) is 15.1. The van der Waals surface area contributed by atoms with Crippen LogP contribution in [0.25, 0.3) is 0 Å². The lowest BCUT2D eigenvalue weighted by atomic mass is 10.4. The van der Waals surface area contributed by atoms with E-state index in [0.717, 1.165) is 0 Å². The molecule has 21 heavy (non-hydrogen) atoms. The van der Waals surface area contributed by atoms with Crippen LogP contribution in [-0.2, 0) is 15.6 Å². The molecule has 2 rings (SSSR count). The fourth-order valence-electron chi connectivity index (χ4n) is 1.55. The molecule has 9 heteroatoms. The number of nitrogens with zero attached hydrogens (tertiary/aromatic N) is 2. The normalized spacial score (nSPS) is 11.3. The third kappa shape index (κ3) is 3.86.